The van der Waals surface area contributed by atoms with Gasteiger partial charge in [-0.25, -0.2) is 4.98 Å². The van der Waals surface area contributed by atoms with Crippen LogP contribution in [0.15, 0.2) is 34.1 Å². The van der Waals surface area contributed by atoms with E-state index in [1.807, 2.05) is 38.4 Å². The van der Waals surface area contributed by atoms with Gasteiger partial charge in [-0.05, 0) is 12.1 Å². The van der Waals surface area contributed by atoms with Gasteiger partial charge in [0.1, 0.15) is 5.82 Å². The maximum atomic E-state index is 12.1. The number of hydrogen-bond donors (Lipinski definition) is 2. The Hall–Kier alpha value is -2.68. The van der Waals surface area contributed by atoms with E-state index in [-0.39, 0.29) is 11.5 Å². The van der Waals surface area contributed by atoms with Gasteiger partial charge in [0.05, 0.1) is 16.8 Å². The van der Waals surface area contributed by atoms with E-state index in [4.69, 9.17) is 5.73 Å². The van der Waals surface area contributed by atoms with Gasteiger partial charge in [0.25, 0.3) is 5.56 Å². The van der Waals surface area contributed by atoms with Crippen molar-refractivity contribution in [3.05, 3.63) is 40.4 Å². The molecule has 0 saturated carbocycles. The molecule has 0 unspecified atom stereocenters. The van der Waals surface area contributed by atoms with Crippen molar-refractivity contribution in [1.29, 1.82) is 0 Å². The fourth-order valence-corrected chi connectivity index (χ4v) is 2.67. The fraction of sp³-hybridized carbons (Fsp3) is 0.214. The van der Waals surface area contributed by atoms with Crippen molar-refractivity contribution in [1.82, 2.24) is 24.9 Å². The molecule has 3 rings (SSSR count). The number of nitrogen functional groups attached to an aromatic ring is 1. The van der Waals surface area contributed by atoms with Gasteiger partial charge in [0.15, 0.2) is 5.03 Å². The minimum atomic E-state index is -0.233. The average molecular weight is 329 g/mol. The van der Waals surface area contributed by atoms with E-state index in [0.717, 1.165) is 5.52 Å². The minimum Gasteiger partial charge on any atom is -0.368 e. The van der Waals surface area contributed by atoms with Gasteiger partial charge in [-0.2, -0.15) is 15.0 Å². The van der Waals surface area contributed by atoms with Crippen molar-refractivity contribution in [3.63, 3.8) is 0 Å². The van der Waals surface area contributed by atoms with Crippen LogP contribution in [0.2, 0.25) is 0 Å². The van der Waals surface area contributed by atoms with Crippen LogP contribution in [0.5, 0.6) is 0 Å². The molecule has 23 heavy (non-hydrogen) atoms. The summed E-state index contributed by atoms with van der Waals surface area (Å²) in [5, 5.41) is 0.370. The van der Waals surface area contributed by atoms with Crippen molar-refractivity contribution in [3.8, 4) is 0 Å². The van der Waals surface area contributed by atoms with Crippen LogP contribution in [0.3, 0.4) is 0 Å². The van der Waals surface area contributed by atoms with Crippen LogP contribution in [-0.2, 0) is 5.75 Å². The molecule has 0 radical (unpaired) electrons. The first-order valence-electron chi connectivity index (χ1n) is 6.82. The summed E-state index contributed by atoms with van der Waals surface area (Å²) in [6.07, 6.45) is 0. The summed E-state index contributed by atoms with van der Waals surface area (Å²) in [6, 6.07) is 7.38. The molecule has 8 nitrogen and oxygen atoms in total. The lowest BCUT2D eigenvalue weighted by Crippen LogP contribution is -2.16. The van der Waals surface area contributed by atoms with E-state index in [2.05, 4.69) is 24.9 Å². The van der Waals surface area contributed by atoms with E-state index in [1.54, 1.807) is 4.90 Å². The number of nitrogens with zero attached hydrogens (tertiary/aromatic N) is 5. The maximum absolute atomic E-state index is 12.1. The monoisotopic (exact) mass is 329 g/mol. The number of anilines is 2. The summed E-state index contributed by atoms with van der Waals surface area (Å²) >= 11 is 1.26. The van der Waals surface area contributed by atoms with Gasteiger partial charge < -0.3 is 15.6 Å². The lowest BCUT2D eigenvalue weighted by molar-refractivity contribution is 0.917. The molecule has 3 N–H and O–H groups in total. The van der Waals surface area contributed by atoms with Gasteiger partial charge in [-0.3, -0.25) is 4.79 Å². The summed E-state index contributed by atoms with van der Waals surface area (Å²) in [7, 11) is 3.64. The Morgan fingerprint density at radius 3 is 2.74 bits per heavy atom. The van der Waals surface area contributed by atoms with Crippen molar-refractivity contribution in [2.75, 3.05) is 24.7 Å². The molecule has 0 spiro atoms. The highest BCUT2D eigenvalue weighted by Crippen LogP contribution is 2.19. The van der Waals surface area contributed by atoms with E-state index in [9.17, 15) is 4.79 Å². The van der Waals surface area contributed by atoms with Crippen LogP contribution in [0.4, 0.5) is 11.9 Å². The molecule has 118 valence electrons. The fourth-order valence-electron chi connectivity index (χ4n) is 1.93. The number of para-hydroxylation sites is 2. The number of fused-ring (bicyclic) bond motifs is 1. The molecular formula is C14H15N7OS. The summed E-state index contributed by atoms with van der Waals surface area (Å²) in [5.41, 5.74) is 6.90. The molecule has 1 aromatic carbocycles. The van der Waals surface area contributed by atoms with Crippen LogP contribution < -0.4 is 16.2 Å². The molecule has 3 aromatic rings. The minimum absolute atomic E-state index is 0.152. The number of thioether (sulfide) groups is 1. The van der Waals surface area contributed by atoms with Crippen LogP contribution in [0, 0.1) is 0 Å². The molecule has 2 aromatic heterocycles. The first-order chi connectivity index (χ1) is 11.0. The zero-order chi connectivity index (χ0) is 16.4. The third kappa shape index (κ3) is 3.39. The molecular weight excluding hydrogens is 314 g/mol. The predicted molar refractivity (Wildman–Crippen MR) is 90.5 cm³/mol. The third-order valence-electron chi connectivity index (χ3n) is 2.99. The Kier molecular flexibility index (Phi) is 4.11. The Morgan fingerprint density at radius 2 is 1.96 bits per heavy atom. The summed E-state index contributed by atoms with van der Waals surface area (Å²) in [5.74, 6) is 1.51. The van der Waals surface area contributed by atoms with Crippen molar-refractivity contribution in [2.45, 2.75) is 10.8 Å². The number of rotatable bonds is 4. The van der Waals surface area contributed by atoms with Crippen molar-refractivity contribution < 1.29 is 0 Å². The first kappa shape index (κ1) is 15.2. The lowest BCUT2D eigenvalue weighted by Gasteiger charge is -2.11. The molecule has 0 aliphatic heterocycles. The largest absolute Gasteiger partial charge is 0.368 e. The third-order valence-corrected chi connectivity index (χ3v) is 3.95. The highest BCUT2D eigenvalue weighted by atomic mass is 32.2. The second-order valence-corrected chi connectivity index (χ2v) is 5.95. The standard InChI is InChI=1S/C14H15N7OS/c1-21(2)14-19-10(18-13(15)20-14)7-23-12-11(22)16-8-5-3-4-6-9(8)17-12/h3-6H,7H2,1-2H3,(H,16,22)(H2,15,18,19,20). The Labute approximate surface area is 136 Å². The van der Waals surface area contributed by atoms with Crippen LogP contribution in [-0.4, -0.2) is 39.0 Å². The first-order valence-corrected chi connectivity index (χ1v) is 7.81. The van der Waals surface area contributed by atoms with Crippen molar-refractivity contribution in [2.24, 2.45) is 0 Å². The number of hydrogen-bond acceptors (Lipinski definition) is 8. The highest BCUT2D eigenvalue weighted by Gasteiger charge is 2.10. The predicted octanol–water partition coefficient (Wildman–Crippen LogP) is 1.05. The average Bonchev–Trinajstić information content (AvgIpc) is 2.52. The lowest BCUT2D eigenvalue weighted by atomic mass is 10.3. The van der Waals surface area contributed by atoms with E-state index in [1.165, 1.54) is 11.8 Å². The summed E-state index contributed by atoms with van der Waals surface area (Å²) in [4.78, 5) is 33.4. The van der Waals surface area contributed by atoms with Gasteiger partial charge in [0, 0.05) is 14.1 Å². The van der Waals surface area contributed by atoms with Gasteiger partial charge >= 0.3 is 0 Å². The van der Waals surface area contributed by atoms with Crippen molar-refractivity contribution >= 4 is 34.7 Å². The molecule has 0 aliphatic rings. The summed E-state index contributed by atoms with van der Waals surface area (Å²) < 4.78 is 0. The number of nitrogens with two attached hydrogens (primary N) is 1. The van der Waals surface area contributed by atoms with Gasteiger partial charge in [0.2, 0.25) is 11.9 Å². The van der Waals surface area contributed by atoms with E-state index < -0.39 is 0 Å². The summed E-state index contributed by atoms with van der Waals surface area (Å²) in [6.45, 7) is 0. The number of benzene rings is 1. The Bertz CT molecular complexity index is 909. The number of nitrogens with one attached hydrogen (secondary N) is 1. The smallest absolute Gasteiger partial charge is 0.280 e. The van der Waals surface area contributed by atoms with Gasteiger partial charge in [-0.15, -0.1) is 0 Å². The van der Waals surface area contributed by atoms with Crippen LogP contribution in [0.1, 0.15) is 5.82 Å². The normalized spacial score (nSPS) is 10.9. The molecule has 0 atom stereocenters. The second kappa shape index (κ2) is 6.21. The Morgan fingerprint density at radius 1 is 1.17 bits per heavy atom. The quantitative estimate of drug-likeness (QED) is 0.683. The SMILES string of the molecule is CN(C)c1nc(N)nc(CSc2nc3ccccc3[nH]c2=O)n1. The molecule has 2 heterocycles. The maximum Gasteiger partial charge on any atom is 0.280 e. The topological polar surface area (TPSA) is 114 Å². The zero-order valence-electron chi connectivity index (χ0n) is 12.6. The molecule has 0 aliphatic carbocycles. The highest BCUT2D eigenvalue weighted by molar-refractivity contribution is 7.98. The second-order valence-electron chi connectivity index (χ2n) is 4.98. The Balaban J connectivity index is 1.86. The van der Waals surface area contributed by atoms with Crippen LogP contribution in [0.25, 0.3) is 11.0 Å². The number of H-pyrrole nitrogens is 1. The molecule has 9 heteroatoms. The van der Waals surface area contributed by atoms with E-state index in [0.29, 0.717) is 28.1 Å². The molecule has 0 bridgehead atoms. The zero-order valence-corrected chi connectivity index (χ0v) is 13.5. The number of aromatic amines is 1. The molecule has 0 fully saturated rings. The molecule has 0 amide bonds. The van der Waals surface area contributed by atoms with Gasteiger partial charge in [-0.1, -0.05) is 23.9 Å². The van der Waals surface area contributed by atoms with Crippen LogP contribution >= 0.6 is 11.8 Å². The number of aromatic nitrogens is 5. The van der Waals surface area contributed by atoms with E-state index >= 15 is 0 Å². The molecule has 0 saturated heterocycles.